The predicted octanol–water partition coefficient (Wildman–Crippen LogP) is 4.07. The number of ether oxygens (including phenoxy) is 1. The smallest absolute Gasteiger partial charge is 0.255 e. The standard InChI is InChI=1S/C24H29N3O4/c1-31-19-14-12-18(13-15-19)24(30)26-21-9-4-3-8-20(21)25-22(28)10-7-11-23(29)27-16-5-2-6-17-27/h3-4,8-9,12-15H,2,5-7,10-11,16-17H2,1H3,(H,25,28)(H,26,30). The second-order valence-electron chi connectivity index (χ2n) is 7.57. The molecule has 164 valence electrons. The van der Waals surface area contributed by atoms with E-state index in [-0.39, 0.29) is 24.1 Å². The lowest BCUT2D eigenvalue weighted by molar-refractivity contribution is -0.132. The van der Waals surface area contributed by atoms with Crippen LogP contribution < -0.4 is 15.4 Å². The highest BCUT2D eigenvalue weighted by atomic mass is 16.5. The van der Waals surface area contributed by atoms with Gasteiger partial charge in [-0.3, -0.25) is 14.4 Å². The molecular weight excluding hydrogens is 394 g/mol. The van der Waals surface area contributed by atoms with Crippen molar-refractivity contribution >= 4 is 29.1 Å². The second-order valence-corrected chi connectivity index (χ2v) is 7.57. The van der Waals surface area contributed by atoms with Crippen LogP contribution in [0.25, 0.3) is 0 Å². The summed E-state index contributed by atoms with van der Waals surface area (Å²) in [5.41, 5.74) is 1.52. The van der Waals surface area contributed by atoms with Crippen LogP contribution in [0.4, 0.5) is 11.4 Å². The van der Waals surface area contributed by atoms with E-state index >= 15 is 0 Å². The molecular formula is C24H29N3O4. The molecule has 1 fully saturated rings. The fourth-order valence-corrected chi connectivity index (χ4v) is 3.55. The molecule has 2 aromatic carbocycles. The van der Waals surface area contributed by atoms with Crippen LogP contribution >= 0.6 is 0 Å². The first-order chi connectivity index (χ1) is 15.1. The van der Waals surface area contributed by atoms with Crippen LogP contribution in [0, 0.1) is 0 Å². The molecule has 1 heterocycles. The fraction of sp³-hybridized carbons (Fsp3) is 0.375. The quantitative estimate of drug-likeness (QED) is 0.670. The zero-order valence-electron chi connectivity index (χ0n) is 17.9. The highest BCUT2D eigenvalue weighted by Crippen LogP contribution is 2.23. The van der Waals surface area contributed by atoms with Gasteiger partial charge in [-0.1, -0.05) is 12.1 Å². The Morgan fingerprint density at radius 1 is 0.871 bits per heavy atom. The molecule has 0 atom stereocenters. The maximum atomic E-state index is 12.5. The lowest BCUT2D eigenvalue weighted by Crippen LogP contribution is -2.35. The van der Waals surface area contributed by atoms with Gasteiger partial charge in [-0.2, -0.15) is 0 Å². The molecule has 0 saturated carbocycles. The van der Waals surface area contributed by atoms with E-state index in [9.17, 15) is 14.4 Å². The summed E-state index contributed by atoms with van der Waals surface area (Å²) >= 11 is 0. The van der Waals surface area contributed by atoms with Gasteiger partial charge in [-0.25, -0.2) is 0 Å². The van der Waals surface area contributed by atoms with Gasteiger partial charge in [-0.15, -0.1) is 0 Å². The van der Waals surface area contributed by atoms with Crippen molar-refractivity contribution in [2.45, 2.75) is 38.5 Å². The summed E-state index contributed by atoms with van der Waals surface area (Å²) < 4.78 is 5.11. The molecule has 1 aliphatic rings. The molecule has 1 aliphatic heterocycles. The molecule has 0 radical (unpaired) electrons. The Hall–Kier alpha value is -3.35. The van der Waals surface area contributed by atoms with Crippen molar-refractivity contribution in [3.05, 3.63) is 54.1 Å². The Kier molecular flexibility index (Phi) is 8.04. The van der Waals surface area contributed by atoms with Crippen LogP contribution in [-0.4, -0.2) is 42.8 Å². The number of nitrogens with zero attached hydrogens (tertiary/aromatic N) is 1. The van der Waals surface area contributed by atoms with Crippen LogP contribution in [0.5, 0.6) is 5.75 Å². The number of hydrogen-bond donors (Lipinski definition) is 2. The van der Waals surface area contributed by atoms with Crippen LogP contribution in [-0.2, 0) is 9.59 Å². The maximum absolute atomic E-state index is 12.5. The Labute approximate surface area is 182 Å². The lowest BCUT2D eigenvalue weighted by atomic mass is 10.1. The topological polar surface area (TPSA) is 87.7 Å². The van der Waals surface area contributed by atoms with E-state index in [1.165, 1.54) is 6.42 Å². The normalized spacial score (nSPS) is 13.4. The van der Waals surface area contributed by atoms with E-state index in [4.69, 9.17) is 4.74 Å². The summed E-state index contributed by atoms with van der Waals surface area (Å²) in [5.74, 6) is 0.330. The summed E-state index contributed by atoms with van der Waals surface area (Å²) in [5, 5.41) is 5.67. The molecule has 3 amide bonds. The average Bonchev–Trinajstić information content (AvgIpc) is 2.81. The Bertz CT molecular complexity index is 905. The van der Waals surface area contributed by atoms with Gasteiger partial charge in [-0.05, 0) is 62.1 Å². The molecule has 0 unspecified atom stereocenters. The Morgan fingerprint density at radius 3 is 2.16 bits per heavy atom. The molecule has 2 aromatic rings. The van der Waals surface area contributed by atoms with E-state index in [0.29, 0.717) is 35.5 Å². The number of amides is 3. The molecule has 0 aromatic heterocycles. The summed E-state index contributed by atoms with van der Waals surface area (Å²) in [7, 11) is 1.57. The number of methoxy groups -OCH3 is 1. The number of hydrogen-bond acceptors (Lipinski definition) is 4. The molecule has 0 aliphatic carbocycles. The largest absolute Gasteiger partial charge is 0.497 e. The summed E-state index contributed by atoms with van der Waals surface area (Å²) in [6.07, 6.45) is 4.43. The van der Waals surface area contributed by atoms with Crippen LogP contribution in [0.15, 0.2) is 48.5 Å². The molecule has 7 nitrogen and oxygen atoms in total. The minimum absolute atomic E-state index is 0.125. The van der Waals surface area contributed by atoms with Gasteiger partial charge < -0.3 is 20.3 Å². The molecule has 3 rings (SSSR count). The first-order valence-electron chi connectivity index (χ1n) is 10.7. The molecule has 2 N–H and O–H groups in total. The number of rotatable bonds is 8. The summed E-state index contributed by atoms with van der Waals surface area (Å²) in [4.78, 5) is 39.0. The molecule has 1 saturated heterocycles. The SMILES string of the molecule is COc1ccc(C(=O)Nc2ccccc2NC(=O)CCCC(=O)N2CCCCC2)cc1. The van der Waals surface area contributed by atoms with E-state index in [1.54, 1.807) is 55.6 Å². The van der Waals surface area contributed by atoms with Crippen molar-refractivity contribution in [2.75, 3.05) is 30.8 Å². The Morgan fingerprint density at radius 2 is 1.52 bits per heavy atom. The molecule has 31 heavy (non-hydrogen) atoms. The number of para-hydroxylation sites is 2. The first kappa shape index (κ1) is 22.3. The van der Waals surface area contributed by atoms with Crippen molar-refractivity contribution in [1.29, 1.82) is 0 Å². The number of piperidine rings is 1. The van der Waals surface area contributed by atoms with Gasteiger partial charge in [0, 0.05) is 31.5 Å². The van der Waals surface area contributed by atoms with Crippen LogP contribution in [0.2, 0.25) is 0 Å². The van der Waals surface area contributed by atoms with Gasteiger partial charge in [0.05, 0.1) is 18.5 Å². The number of anilines is 2. The number of carbonyl (C=O) groups is 3. The highest BCUT2D eigenvalue weighted by Gasteiger charge is 2.17. The first-order valence-corrected chi connectivity index (χ1v) is 10.7. The van der Waals surface area contributed by atoms with E-state index in [2.05, 4.69) is 10.6 Å². The lowest BCUT2D eigenvalue weighted by Gasteiger charge is -2.26. The fourth-order valence-electron chi connectivity index (χ4n) is 3.55. The zero-order chi connectivity index (χ0) is 22.1. The Balaban J connectivity index is 1.51. The number of benzene rings is 2. The molecule has 0 spiro atoms. The average molecular weight is 424 g/mol. The van der Waals surface area contributed by atoms with E-state index < -0.39 is 0 Å². The predicted molar refractivity (Wildman–Crippen MR) is 120 cm³/mol. The second kappa shape index (κ2) is 11.2. The number of likely N-dealkylation sites (tertiary alicyclic amines) is 1. The minimum Gasteiger partial charge on any atom is -0.497 e. The van der Waals surface area contributed by atoms with Crippen molar-refractivity contribution < 1.29 is 19.1 Å². The van der Waals surface area contributed by atoms with Crippen LogP contribution in [0.1, 0.15) is 48.9 Å². The van der Waals surface area contributed by atoms with Gasteiger partial charge in [0.25, 0.3) is 5.91 Å². The highest BCUT2D eigenvalue weighted by molar-refractivity contribution is 6.07. The van der Waals surface area contributed by atoms with Gasteiger partial charge >= 0.3 is 0 Å². The summed E-state index contributed by atoms with van der Waals surface area (Å²) in [6.45, 7) is 1.65. The van der Waals surface area contributed by atoms with Gasteiger partial charge in [0.15, 0.2) is 0 Å². The zero-order valence-corrected chi connectivity index (χ0v) is 17.9. The van der Waals surface area contributed by atoms with Gasteiger partial charge in [0.2, 0.25) is 11.8 Å². The molecule has 0 bridgehead atoms. The number of nitrogens with one attached hydrogen (secondary N) is 2. The monoisotopic (exact) mass is 423 g/mol. The third-order valence-corrected chi connectivity index (χ3v) is 5.30. The summed E-state index contributed by atoms with van der Waals surface area (Å²) in [6, 6.07) is 13.8. The number of carbonyl (C=O) groups excluding carboxylic acids is 3. The van der Waals surface area contributed by atoms with Crippen molar-refractivity contribution in [3.8, 4) is 5.75 Å². The third-order valence-electron chi connectivity index (χ3n) is 5.30. The maximum Gasteiger partial charge on any atom is 0.255 e. The van der Waals surface area contributed by atoms with Crippen LogP contribution in [0.3, 0.4) is 0 Å². The van der Waals surface area contributed by atoms with E-state index in [1.807, 2.05) is 4.90 Å². The van der Waals surface area contributed by atoms with Gasteiger partial charge in [0.1, 0.15) is 5.75 Å². The van der Waals surface area contributed by atoms with Crippen molar-refractivity contribution in [3.63, 3.8) is 0 Å². The third kappa shape index (κ3) is 6.57. The molecule has 7 heteroatoms. The van der Waals surface area contributed by atoms with Crippen molar-refractivity contribution in [2.24, 2.45) is 0 Å². The van der Waals surface area contributed by atoms with Crippen molar-refractivity contribution in [1.82, 2.24) is 4.90 Å². The van der Waals surface area contributed by atoms with E-state index in [0.717, 1.165) is 25.9 Å². The minimum atomic E-state index is -0.281.